The molecule has 3 aromatic carbocycles. The van der Waals surface area contributed by atoms with Crippen molar-refractivity contribution in [3.63, 3.8) is 0 Å². The number of amides is 1. The Balaban J connectivity index is 1.57. The molecule has 1 aliphatic rings. The van der Waals surface area contributed by atoms with E-state index < -0.39 is 11.9 Å². The number of rotatable bonds is 7. The average molecular weight is 438 g/mol. The molecule has 1 saturated heterocycles. The van der Waals surface area contributed by atoms with Gasteiger partial charge in [-0.05, 0) is 42.3 Å². The summed E-state index contributed by atoms with van der Waals surface area (Å²) < 4.78 is 11.6. The highest BCUT2D eigenvalue weighted by atomic mass is 16.5. The van der Waals surface area contributed by atoms with E-state index in [2.05, 4.69) is 11.4 Å². The second kappa shape index (κ2) is 9.84. The van der Waals surface area contributed by atoms with Crippen molar-refractivity contribution in [1.82, 2.24) is 5.32 Å². The predicted octanol–water partition coefficient (Wildman–Crippen LogP) is 4.36. The Kier molecular flexibility index (Phi) is 6.51. The average Bonchev–Trinajstić information content (AvgIpc) is 3.13. The zero-order chi connectivity index (χ0) is 23.2. The summed E-state index contributed by atoms with van der Waals surface area (Å²) >= 11 is 0. The van der Waals surface area contributed by atoms with Gasteiger partial charge < -0.3 is 14.8 Å². The number of carbonyl (C=O) groups is 2. The molecular formula is C27H22N2O4. The van der Waals surface area contributed by atoms with Crippen LogP contribution in [0.25, 0.3) is 6.08 Å². The van der Waals surface area contributed by atoms with E-state index in [-0.39, 0.29) is 18.0 Å². The Hall–Kier alpha value is -4.37. The minimum atomic E-state index is -0.681. The third-order valence-electron chi connectivity index (χ3n) is 5.28. The highest BCUT2D eigenvalue weighted by Crippen LogP contribution is 2.32. The number of nitriles is 1. The van der Waals surface area contributed by atoms with Crippen LogP contribution in [0.1, 0.15) is 35.2 Å². The fraction of sp³-hybridized carbons (Fsp3) is 0.148. The van der Waals surface area contributed by atoms with Crippen molar-refractivity contribution < 1.29 is 19.1 Å². The van der Waals surface area contributed by atoms with Gasteiger partial charge in [-0.25, -0.2) is 0 Å². The molecule has 6 heteroatoms. The van der Waals surface area contributed by atoms with Crippen LogP contribution in [0.3, 0.4) is 0 Å². The van der Waals surface area contributed by atoms with Crippen LogP contribution in [-0.2, 0) is 16.2 Å². The predicted molar refractivity (Wildman–Crippen MR) is 123 cm³/mol. The molecule has 0 saturated carbocycles. The third kappa shape index (κ3) is 4.78. The second-order valence-corrected chi connectivity index (χ2v) is 7.44. The molecule has 0 aromatic heterocycles. The molecule has 1 unspecified atom stereocenters. The van der Waals surface area contributed by atoms with Gasteiger partial charge in [-0.15, -0.1) is 0 Å². The molecule has 3 aromatic rings. The lowest BCUT2D eigenvalue weighted by Gasteiger charge is -2.13. The van der Waals surface area contributed by atoms with Gasteiger partial charge in [0.15, 0.2) is 17.3 Å². The number of nitrogens with zero attached hydrogens (tertiary/aromatic N) is 1. The summed E-state index contributed by atoms with van der Waals surface area (Å²) in [5.74, 6) is 0.334. The van der Waals surface area contributed by atoms with E-state index in [9.17, 15) is 14.9 Å². The first-order valence-corrected chi connectivity index (χ1v) is 10.6. The number of hydrogen-bond acceptors (Lipinski definition) is 5. The molecule has 6 nitrogen and oxygen atoms in total. The summed E-state index contributed by atoms with van der Waals surface area (Å²) in [6, 6.07) is 23.1. The van der Waals surface area contributed by atoms with Crippen molar-refractivity contribution in [3.05, 3.63) is 101 Å². The third-order valence-corrected chi connectivity index (χ3v) is 5.28. The molecule has 1 amide bonds. The highest BCUT2D eigenvalue weighted by molar-refractivity contribution is 6.29. The van der Waals surface area contributed by atoms with Crippen LogP contribution in [0.5, 0.6) is 11.5 Å². The molecule has 33 heavy (non-hydrogen) atoms. The first kappa shape index (κ1) is 21.8. The van der Waals surface area contributed by atoms with Crippen LogP contribution in [0.4, 0.5) is 0 Å². The minimum Gasteiger partial charge on any atom is -0.490 e. The molecule has 0 radical (unpaired) electrons. The zero-order valence-electron chi connectivity index (χ0n) is 18.1. The van der Waals surface area contributed by atoms with Gasteiger partial charge >= 0.3 is 0 Å². The Morgan fingerprint density at radius 2 is 1.73 bits per heavy atom. The van der Waals surface area contributed by atoms with Gasteiger partial charge in [0.1, 0.15) is 12.6 Å². The summed E-state index contributed by atoms with van der Waals surface area (Å²) in [6.07, 6.45) is 1.57. The van der Waals surface area contributed by atoms with Gasteiger partial charge in [-0.1, -0.05) is 54.6 Å². The van der Waals surface area contributed by atoms with Crippen molar-refractivity contribution in [3.8, 4) is 17.6 Å². The van der Waals surface area contributed by atoms with Crippen LogP contribution >= 0.6 is 0 Å². The summed E-state index contributed by atoms with van der Waals surface area (Å²) in [5.41, 5.74) is 2.82. The van der Waals surface area contributed by atoms with Crippen LogP contribution in [0.15, 0.2) is 78.4 Å². The van der Waals surface area contributed by atoms with Crippen molar-refractivity contribution in [1.29, 1.82) is 5.26 Å². The van der Waals surface area contributed by atoms with Crippen LogP contribution in [0.2, 0.25) is 0 Å². The fourth-order valence-corrected chi connectivity index (χ4v) is 3.64. The van der Waals surface area contributed by atoms with Gasteiger partial charge in [0.2, 0.25) is 0 Å². The van der Waals surface area contributed by atoms with Gasteiger partial charge in [-0.3, -0.25) is 9.59 Å². The monoisotopic (exact) mass is 438 g/mol. The quantitative estimate of drug-likeness (QED) is 0.437. The summed E-state index contributed by atoms with van der Waals surface area (Å²) in [7, 11) is 0. The molecule has 164 valence electrons. The van der Waals surface area contributed by atoms with Crippen molar-refractivity contribution in [2.75, 3.05) is 6.61 Å². The molecule has 4 rings (SSSR count). The van der Waals surface area contributed by atoms with Crippen LogP contribution in [-0.4, -0.2) is 18.3 Å². The maximum absolute atomic E-state index is 12.9. The molecule has 1 atom stereocenters. The Morgan fingerprint density at radius 3 is 2.48 bits per heavy atom. The van der Waals surface area contributed by atoms with Crippen molar-refractivity contribution in [2.24, 2.45) is 0 Å². The Morgan fingerprint density at radius 1 is 0.970 bits per heavy atom. The highest BCUT2D eigenvalue weighted by Gasteiger charge is 2.36. The van der Waals surface area contributed by atoms with Crippen molar-refractivity contribution >= 4 is 17.8 Å². The van der Waals surface area contributed by atoms with Crippen LogP contribution in [0, 0.1) is 11.3 Å². The standard InChI is InChI=1S/C27H22N2O4/c1-2-32-24-15-18(12-13-23(24)33-17-21-11-7-6-10-20(21)16-28)14-22-26(30)25(29-27(22)31)19-8-4-3-5-9-19/h3-15,25H,2,17H2,1H3,(H,29,31)/b22-14-. The molecule has 1 N–H and O–H groups in total. The van der Waals surface area contributed by atoms with Crippen LogP contribution < -0.4 is 14.8 Å². The molecule has 1 aliphatic heterocycles. The van der Waals surface area contributed by atoms with E-state index in [0.717, 1.165) is 11.1 Å². The topological polar surface area (TPSA) is 88.4 Å². The number of benzene rings is 3. The number of carbonyl (C=O) groups excluding carboxylic acids is 2. The lowest BCUT2D eigenvalue weighted by atomic mass is 10.0. The molecule has 0 spiro atoms. The zero-order valence-corrected chi connectivity index (χ0v) is 18.1. The molecule has 0 aliphatic carbocycles. The normalized spacial score (nSPS) is 16.4. The molecule has 1 heterocycles. The smallest absolute Gasteiger partial charge is 0.255 e. The Labute approximate surface area is 192 Å². The first-order valence-electron chi connectivity index (χ1n) is 10.6. The van der Waals surface area contributed by atoms with Crippen molar-refractivity contribution in [2.45, 2.75) is 19.6 Å². The van der Waals surface area contributed by atoms with E-state index in [1.54, 1.807) is 36.4 Å². The van der Waals surface area contributed by atoms with E-state index in [0.29, 0.717) is 29.2 Å². The number of ether oxygens (including phenoxy) is 2. The molecule has 1 fully saturated rings. The number of ketones is 1. The number of hydrogen-bond donors (Lipinski definition) is 1. The summed E-state index contributed by atoms with van der Waals surface area (Å²) in [6.45, 7) is 2.49. The fourth-order valence-electron chi connectivity index (χ4n) is 3.64. The summed E-state index contributed by atoms with van der Waals surface area (Å²) in [5, 5.41) is 12.0. The lowest BCUT2D eigenvalue weighted by molar-refractivity contribution is -0.117. The Bertz CT molecular complexity index is 1260. The van der Waals surface area contributed by atoms with Gasteiger partial charge in [0.25, 0.3) is 5.91 Å². The SMILES string of the molecule is CCOc1cc(/C=C2\C(=O)NC(c3ccccc3)C2=O)ccc1OCc1ccccc1C#N. The molecule has 0 bridgehead atoms. The minimum absolute atomic E-state index is 0.0999. The maximum Gasteiger partial charge on any atom is 0.255 e. The summed E-state index contributed by atoms with van der Waals surface area (Å²) in [4.78, 5) is 25.4. The maximum atomic E-state index is 12.9. The van der Waals surface area contributed by atoms with E-state index in [1.807, 2.05) is 49.4 Å². The van der Waals surface area contributed by atoms with Gasteiger partial charge in [-0.2, -0.15) is 5.26 Å². The lowest BCUT2D eigenvalue weighted by Crippen LogP contribution is -2.20. The van der Waals surface area contributed by atoms with Gasteiger partial charge in [0, 0.05) is 5.56 Å². The first-order chi connectivity index (χ1) is 16.1. The number of nitrogens with one attached hydrogen (secondary N) is 1. The van der Waals surface area contributed by atoms with E-state index >= 15 is 0 Å². The largest absolute Gasteiger partial charge is 0.490 e. The second-order valence-electron chi connectivity index (χ2n) is 7.44. The molecular weight excluding hydrogens is 416 g/mol. The number of Topliss-reactive ketones (excluding diaryl/α,β-unsaturated/α-hetero) is 1. The van der Waals surface area contributed by atoms with Gasteiger partial charge in [0.05, 0.1) is 23.8 Å². The van der Waals surface area contributed by atoms with E-state index in [4.69, 9.17) is 9.47 Å². The van der Waals surface area contributed by atoms with E-state index in [1.165, 1.54) is 0 Å².